The smallest absolute Gasteiger partial charge is 0.00579 e. The van der Waals surface area contributed by atoms with Gasteiger partial charge in [0.25, 0.3) is 0 Å². The Morgan fingerprint density at radius 1 is 0.846 bits per heavy atom. The van der Waals surface area contributed by atoms with Crippen molar-refractivity contribution in [3.8, 4) is 0 Å². The Bertz CT molecular complexity index is 480. The summed E-state index contributed by atoms with van der Waals surface area (Å²) in [5.74, 6) is 6.72. The van der Waals surface area contributed by atoms with Gasteiger partial charge in [0, 0.05) is 0 Å². The van der Waals surface area contributed by atoms with Crippen LogP contribution in [0.15, 0.2) is 17.9 Å². The molecule has 0 saturated heterocycles. The zero-order chi connectivity index (χ0) is 20.2. The lowest BCUT2D eigenvalue weighted by Crippen LogP contribution is -2.43. The fraction of sp³-hybridized carbons (Fsp3) is 0.885. The van der Waals surface area contributed by atoms with Gasteiger partial charge < -0.3 is 0 Å². The van der Waals surface area contributed by atoms with Crippen LogP contribution in [0.25, 0.3) is 0 Å². The molecule has 0 aliphatic heterocycles. The SMILES string of the molecule is CCC(C)C(C)C(C)C(C)C(C)C(C)C(C)C(C)(C(C)C)C1C=C=CC1. The maximum absolute atomic E-state index is 3.38. The number of hydrogen-bond acceptors (Lipinski definition) is 0. The quantitative estimate of drug-likeness (QED) is 0.344. The van der Waals surface area contributed by atoms with E-state index in [1.807, 2.05) is 0 Å². The zero-order valence-electron chi connectivity index (χ0n) is 19.8. The van der Waals surface area contributed by atoms with Crippen molar-refractivity contribution in [3.05, 3.63) is 17.9 Å². The van der Waals surface area contributed by atoms with Gasteiger partial charge in [0.1, 0.15) is 0 Å². The Morgan fingerprint density at radius 3 is 1.77 bits per heavy atom. The first-order valence-electron chi connectivity index (χ1n) is 11.4. The standard InChI is InChI=1S/C26H48/c1-12-18(4)19(5)20(6)21(7)22(8)23(9)24(10)26(11,17(2)3)25-15-13-14-16-25/h13,16-25H,12,15H2,1-11H3. The Morgan fingerprint density at radius 2 is 1.35 bits per heavy atom. The van der Waals surface area contributed by atoms with E-state index in [0.29, 0.717) is 23.2 Å². The van der Waals surface area contributed by atoms with Gasteiger partial charge >= 0.3 is 0 Å². The van der Waals surface area contributed by atoms with E-state index in [1.54, 1.807) is 0 Å². The molecular weight excluding hydrogens is 312 g/mol. The molecule has 0 saturated carbocycles. The first-order valence-corrected chi connectivity index (χ1v) is 11.4. The number of allylic oxidation sites excluding steroid dienone is 1. The molecule has 0 heteroatoms. The lowest BCUT2D eigenvalue weighted by atomic mass is 9.56. The molecule has 0 fully saturated rings. The van der Waals surface area contributed by atoms with E-state index in [1.165, 1.54) is 12.8 Å². The molecule has 9 unspecified atom stereocenters. The minimum Gasteiger partial charge on any atom is -0.129 e. The molecular formula is C26H48. The van der Waals surface area contributed by atoms with Crippen molar-refractivity contribution >= 4 is 0 Å². The van der Waals surface area contributed by atoms with Crippen molar-refractivity contribution in [1.82, 2.24) is 0 Å². The fourth-order valence-electron chi connectivity index (χ4n) is 5.52. The van der Waals surface area contributed by atoms with Gasteiger partial charge in [-0.3, -0.25) is 0 Å². The highest BCUT2D eigenvalue weighted by Crippen LogP contribution is 2.51. The molecule has 0 spiro atoms. The second kappa shape index (κ2) is 9.64. The third kappa shape index (κ3) is 4.67. The zero-order valence-corrected chi connectivity index (χ0v) is 19.8. The van der Waals surface area contributed by atoms with Gasteiger partial charge in [0.05, 0.1) is 0 Å². The molecule has 0 N–H and O–H groups in total. The third-order valence-corrected chi connectivity index (χ3v) is 9.46. The van der Waals surface area contributed by atoms with Gasteiger partial charge in [-0.15, -0.1) is 5.73 Å². The van der Waals surface area contributed by atoms with Crippen molar-refractivity contribution in [3.63, 3.8) is 0 Å². The van der Waals surface area contributed by atoms with Crippen LogP contribution in [0.1, 0.15) is 89.0 Å². The summed E-state index contributed by atoms with van der Waals surface area (Å²) < 4.78 is 0. The number of rotatable bonds is 10. The second-order valence-electron chi connectivity index (χ2n) is 10.4. The highest BCUT2D eigenvalue weighted by atomic mass is 14.5. The molecule has 0 heterocycles. The lowest BCUT2D eigenvalue weighted by molar-refractivity contribution is 0.00448. The van der Waals surface area contributed by atoms with Gasteiger partial charge in [-0.2, -0.15) is 0 Å². The molecule has 1 aliphatic carbocycles. The summed E-state index contributed by atoms with van der Waals surface area (Å²) in [5.41, 5.74) is 3.73. The van der Waals surface area contributed by atoms with Crippen LogP contribution in [0.2, 0.25) is 0 Å². The highest BCUT2D eigenvalue weighted by molar-refractivity contribution is 5.08. The normalized spacial score (nSPS) is 27.6. The summed E-state index contributed by atoms with van der Waals surface area (Å²) in [6.07, 6.45) is 7.07. The van der Waals surface area contributed by atoms with Gasteiger partial charge in [-0.25, -0.2) is 0 Å². The summed E-state index contributed by atoms with van der Waals surface area (Å²) in [6, 6.07) is 0. The van der Waals surface area contributed by atoms with Crippen LogP contribution >= 0.6 is 0 Å². The van der Waals surface area contributed by atoms with E-state index in [-0.39, 0.29) is 0 Å². The Labute approximate surface area is 165 Å². The minimum absolute atomic E-state index is 0.346. The maximum atomic E-state index is 3.38. The summed E-state index contributed by atoms with van der Waals surface area (Å²) in [6.45, 7) is 27.2. The van der Waals surface area contributed by atoms with E-state index in [9.17, 15) is 0 Å². The van der Waals surface area contributed by atoms with Crippen LogP contribution in [-0.4, -0.2) is 0 Å². The van der Waals surface area contributed by atoms with Crippen LogP contribution < -0.4 is 0 Å². The Hall–Kier alpha value is -0.480. The maximum Gasteiger partial charge on any atom is -0.00579 e. The molecule has 1 aliphatic rings. The fourth-order valence-corrected chi connectivity index (χ4v) is 5.52. The average molecular weight is 361 g/mol. The lowest BCUT2D eigenvalue weighted by Gasteiger charge is -2.49. The molecule has 0 aromatic rings. The molecule has 26 heavy (non-hydrogen) atoms. The highest BCUT2D eigenvalue weighted by Gasteiger charge is 2.44. The summed E-state index contributed by atoms with van der Waals surface area (Å²) in [5, 5.41) is 0. The van der Waals surface area contributed by atoms with Crippen molar-refractivity contribution in [2.24, 2.45) is 58.7 Å². The molecule has 0 nitrogen and oxygen atoms in total. The topological polar surface area (TPSA) is 0 Å². The van der Waals surface area contributed by atoms with E-state index in [4.69, 9.17) is 0 Å². The van der Waals surface area contributed by atoms with Crippen molar-refractivity contribution in [2.75, 3.05) is 0 Å². The number of hydrogen-bond donors (Lipinski definition) is 0. The van der Waals surface area contributed by atoms with Crippen LogP contribution in [-0.2, 0) is 0 Å². The summed E-state index contributed by atoms with van der Waals surface area (Å²) in [4.78, 5) is 0. The van der Waals surface area contributed by atoms with Crippen LogP contribution in [0, 0.1) is 58.7 Å². The molecule has 0 bridgehead atoms. The van der Waals surface area contributed by atoms with E-state index in [2.05, 4.69) is 94.0 Å². The average Bonchev–Trinajstić information content (AvgIpc) is 3.17. The monoisotopic (exact) mass is 360 g/mol. The van der Waals surface area contributed by atoms with Gasteiger partial charge in [0.2, 0.25) is 0 Å². The largest absolute Gasteiger partial charge is 0.129 e. The van der Waals surface area contributed by atoms with Crippen molar-refractivity contribution in [1.29, 1.82) is 0 Å². The molecule has 0 aromatic carbocycles. The van der Waals surface area contributed by atoms with Crippen LogP contribution in [0.3, 0.4) is 0 Å². The van der Waals surface area contributed by atoms with Gasteiger partial charge in [-0.1, -0.05) is 82.6 Å². The Kier molecular flexibility index (Phi) is 8.73. The molecule has 0 radical (unpaired) electrons. The van der Waals surface area contributed by atoms with E-state index < -0.39 is 0 Å². The van der Waals surface area contributed by atoms with Crippen LogP contribution in [0.5, 0.6) is 0 Å². The van der Waals surface area contributed by atoms with Crippen molar-refractivity contribution in [2.45, 2.75) is 89.0 Å². The third-order valence-electron chi connectivity index (χ3n) is 9.46. The van der Waals surface area contributed by atoms with Crippen molar-refractivity contribution < 1.29 is 0 Å². The van der Waals surface area contributed by atoms with Gasteiger partial charge in [-0.05, 0) is 77.2 Å². The van der Waals surface area contributed by atoms with E-state index in [0.717, 1.165) is 35.5 Å². The summed E-state index contributed by atoms with van der Waals surface area (Å²) >= 11 is 0. The molecule has 152 valence electrons. The molecule has 9 atom stereocenters. The molecule has 1 rings (SSSR count). The molecule has 0 aromatic heterocycles. The first kappa shape index (κ1) is 23.6. The van der Waals surface area contributed by atoms with Crippen LogP contribution in [0.4, 0.5) is 0 Å². The van der Waals surface area contributed by atoms with E-state index >= 15 is 0 Å². The Balaban J connectivity index is 2.93. The predicted molar refractivity (Wildman–Crippen MR) is 118 cm³/mol. The second-order valence-corrected chi connectivity index (χ2v) is 10.4. The first-order chi connectivity index (χ1) is 12.0. The summed E-state index contributed by atoms with van der Waals surface area (Å²) in [7, 11) is 0. The minimum atomic E-state index is 0.346. The predicted octanol–water partition coefficient (Wildman–Crippen LogP) is 8.24. The van der Waals surface area contributed by atoms with Gasteiger partial charge in [0.15, 0.2) is 0 Å². The molecule has 0 amide bonds.